The van der Waals surface area contributed by atoms with Crippen molar-refractivity contribution >= 4 is 20.9 Å². The Morgan fingerprint density at radius 1 is 1.09 bits per heavy atom. The van der Waals surface area contributed by atoms with Gasteiger partial charge in [-0.15, -0.1) is 0 Å². The lowest BCUT2D eigenvalue weighted by molar-refractivity contribution is 0.0925. The van der Waals surface area contributed by atoms with Crippen LogP contribution < -0.4 is 5.56 Å². The van der Waals surface area contributed by atoms with Gasteiger partial charge in [-0.1, -0.05) is 45.0 Å². The molecule has 0 radical (unpaired) electrons. The molecule has 7 heteroatoms. The van der Waals surface area contributed by atoms with E-state index in [1.54, 1.807) is 18.2 Å². The van der Waals surface area contributed by atoms with Crippen LogP contribution in [0.25, 0.3) is 10.9 Å². The molecule has 0 bridgehead atoms. The number of nitrogens with zero attached hydrogens (tertiary/aromatic N) is 1. The summed E-state index contributed by atoms with van der Waals surface area (Å²) in [6.07, 6.45) is 1.55. The Bertz CT molecular complexity index is 1300. The van der Waals surface area contributed by atoms with Gasteiger partial charge in [-0.05, 0) is 66.0 Å². The Morgan fingerprint density at radius 3 is 2.45 bits per heavy atom. The van der Waals surface area contributed by atoms with Crippen LogP contribution in [0.2, 0.25) is 0 Å². The molecule has 6 nitrogen and oxygen atoms in total. The lowest BCUT2D eigenvalue weighted by Crippen LogP contribution is -2.38. The number of rotatable bonds is 6. The summed E-state index contributed by atoms with van der Waals surface area (Å²) in [5.74, 6) is 0. The largest absolute Gasteiger partial charge is 0.377 e. The lowest BCUT2D eigenvalue weighted by Gasteiger charge is -2.25. The molecule has 1 fully saturated rings. The van der Waals surface area contributed by atoms with Gasteiger partial charge in [-0.25, -0.2) is 8.42 Å². The van der Waals surface area contributed by atoms with Gasteiger partial charge in [-0.2, -0.15) is 4.31 Å². The zero-order valence-electron chi connectivity index (χ0n) is 19.7. The van der Waals surface area contributed by atoms with E-state index < -0.39 is 10.0 Å². The lowest BCUT2D eigenvalue weighted by atomic mass is 9.87. The van der Waals surface area contributed by atoms with E-state index in [0.29, 0.717) is 12.2 Å². The quantitative estimate of drug-likeness (QED) is 0.578. The monoisotopic (exact) mass is 468 g/mol. The van der Waals surface area contributed by atoms with Crippen molar-refractivity contribution in [1.29, 1.82) is 0 Å². The molecule has 0 saturated carbocycles. The number of H-pyrrole nitrogens is 1. The molecule has 2 aromatic carbocycles. The second-order valence-electron chi connectivity index (χ2n) is 9.92. The van der Waals surface area contributed by atoms with Gasteiger partial charge >= 0.3 is 0 Å². The topological polar surface area (TPSA) is 79.5 Å². The van der Waals surface area contributed by atoms with Crippen molar-refractivity contribution in [3.05, 3.63) is 75.6 Å². The minimum Gasteiger partial charge on any atom is -0.377 e. The van der Waals surface area contributed by atoms with Gasteiger partial charge < -0.3 is 9.72 Å². The fourth-order valence-electron chi connectivity index (χ4n) is 4.21. The summed E-state index contributed by atoms with van der Waals surface area (Å²) >= 11 is 0. The number of hydrogen-bond acceptors (Lipinski definition) is 4. The number of benzene rings is 2. The Kier molecular flexibility index (Phi) is 6.49. The molecule has 0 aliphatic carbocycles. The number of aryl methyl sites for hydroxylation is 1. The summed E-state index contributed by atoms with van der Waals surface area (Å²) in [4.78, 5) is 16.0. The predicted molar refractivity (Wildman–Crippen MR) is 131 cm³/mol. The summed E-state index contributed by atoms with van der Waals surface area (Å²) in [7, 11) is -3.83. The van der Waals surface area contributed by atoms with Crippen LogP contribution in [0.15, 0.2) is 58.2 Å². The zero-order valence-corrected chi connectivity index (χ0v) is 20.5. The molecule has 2 heterocycles. The van der Waals surface area contributed by atoms with Crippen molar-refractivity contribution < 1.29 is 13.2 Å². The Labute approximate surface area is 195 Å². The van der Waals surface area contributed by atoms with E-state index in [1.807, 2.05) is 37.3 Å². The van der Waals surface area contributed by atoms with Gasteiger partial charge in [0, 0.05) is 30.8 Å². The molecule has 3 aromatic rings. The Hall–Kier alpha value is -2.48. The third kappa shape index (κ3) is 5.21. The fourth-order valence-corrected chi connectivity index (χ4v) is 5.66. The van der Waals surface area contributed by atoms with Crippen LogP contribution in [0.3, 0.4) is 0 Å². The molecular formula is C26H32N2O4S. The normalized spacial score (nSPS) is 17.2. The van der Waals surface area contributed by atoms with Crippen molar-refractivity contribution in [3.63, 3.8) is 0 Å². The summed E-state index contributed by atoms with van der Waals surface area (Å²) in [5.41, 5.74) is 2.93. The maximum atomic E-state index is 13.7. The minimum absolute atomic E-state index is 0.0115. The highest BCUT2D eigenvalue weighted by atomic mass is 32.2. The smallest absolute Gasteiger partial charge is 0.252 e. The number of pyridine rings is 1. The number of hydrogen-bond donors (Lipinski definition) is 1. The van der Waals surface area contributed by atoms with Crippen LogP contribution in [0.1, 0.15) is 50.3 Å². The van der Waals surface area contributed by atoms with Gasteiger partial charge in [0.2, 0.25) is 10.0 Å². The summed E-state index contributed by atoms with van der Waals surface area (Å²) in [5, 5.41) is 0.874. The molecule has 0 unspecified atom stereocenters. The van der Waals surface area contributed by atoms with E-state index in [0.717, 1.165) is 34.9 Å². The van der Waals surface area contributed by atoms with E-state index >= 15 is 0 Å². The van der Waals surface area contributed by atoms with Crippen LogP contribution in [0.4, 0.5) is 0 Å². The second-order valence-corrected chi connectivity index (χ2v) is 11.9. The number of nitrogens with one attached hydrogen (secondary N) is 1. The van der Waals surface area contributed by atoms with Crippen LogP contribution in [-0.4, -0.2) is 37.0 Å². The molecule has 0 amide bonds. The summed E-state index contributed by atoms with van der Waals surface area (Å²) in [6, 6.07) is 14.7. The molecule has 1 N–H and O–H groups in total. The van der Waals surface area contributed by atoms with E-state index in [1.165, 1.54) is 4.31 Å². The molecule has 1 aliphatic rings. The first-order valence-corrected chi connectivity index (χ1v) is 12.8. The first-order chi connectivity index (χ1) is 15.5. The fraction of sp³-hybridized carbons (Fsp3) is 0.423. The first kappa shape index (κ1) is 23.7. The van der Waals surface area contributed by atoms with Crippen molar-refractivity contribution in [1.82, 2.24) is 9.29 Å². The second kappa shape index (κ2) is 9.05. The molecule has 0 spiro atoms. The van der Waals surface area contributed by atoms with Crippen molar-refractivity contribution in [3.8, 4) is 0 Å². The number of aromatic amines is 1. The zero-order chi connectivity index (χ0) is 23.8. The van der Waals surface area contributed by atoms with Gasteiger partial charge in [0.25, 0.3) is 5.56 Å². The highest BCUT2D eigenvalue weighted by Gasteiger charge is 2.30. The van der Waals surface area contributed by atoms with E-state index in [9.17, 15) is 13.2 Å². The molecule has 176 valence electrons. The number of fused-ring (bicyclic) bond motifs is 1. The average molecular weight is 469 g/mol. The number of aromatic nitrogens is 1. The summed E-state index contributed by atoms with van der Waals surface area (Å²) in [6.45, 7) is 9.08. The number of ether oxygens (including phenoxy) is 1. The third-order valence-electron chi connectivity index (χ3n) is 6.21. The van der Waals surface area contributed by atoms with E-state index in [4.69, 9.17) is 4.74 Å². The first-order valence-electron chi connectivity index (χ1n) is 11.4. The molecule has 1 saturated heterocycles. The van der Waals surface area contributed by atoms with Crippen LogP contribution in [0.5, 0.6) is 0 Å². The molecule has 4 rings (SSSR count). The van der Waals surface area contributed by atoms with E-state index in [-0.39, 0.29) is 35.1 Å². The SMILES string of the molecule is Cc1ccc2cc(CN(C[C@@H]3CCCO3)S(=O)(=O)c3ccc(C(C)(C)C)cc3)c(=O)[nH]c2c1. The maximum Gasteiger partial charge on any atom is 0.252 e. The molecule has 1 aliphatic heterocycles. The van der Waals surface area contributed by atoms with Gasteiger partial charge in [0.15, 0.2) is 0 Å². The highest BCUT2D eigenvalue weighted by molar-refractivity contribution is 7.89. The van der Waals surface area contributed by atoms with Gasteiger partial charge in [-0.3, -0.25) is 4.79 Å². The van der Waals surface area contributed by atoms with Crippen LogP contribution >= 0.6 is 0 Å². The van der Waals surface area contributed by atoms with Crippen LogP contribution in [0, 0.1) is 6.92 Å². The average Bonchev–Trinajstić information content (AvgIpc) is 3.26. The summed E-state index contributed by atoms with van der Waals surface area (Å²) < 4.78 is 34.5. The van der Waals surface area contributed by atoms with E-state index in [2.05, 4.69) is 25.8 Å². The highest BCUT2D eigenvalue weighted by Crippen LogP contribution is 2.26. The van der Waals surface area contributed by atoms with Crippen molar-refractivity contribution in [2.45, 2.75) is 63.5 Å². The van der Waals surface area contributed by atoms with Crippen molar-refractivity contribution in [2.24, 2.45) is 0 Å². The molecule has 33 heavy (non-hydrogen) atoms. The third-order valence-corrected chi connectivity index (χ3v) is 8.04. The molecule has 1 aromatic heterocycles. The van der Waals surface area contributed by atoms with Gasteiger partial charge in [0.05, 0.1) is 11.0 Å². The van der Waals surface area contributed by atoms with Crippen LogP contribution in [-0.2, 0) is 26.7 Å². The minimum atomic E-state index is -3.83. The maximum absolute atomic E-state index is 13.7. The Morgan fingerprint density at radius 2 is 1.82 bits per heavy atom. The molecule has 1 atom stereocenters. The van der Waals surface area contributed by atoms with Crippen molar-refractivity contribution in [2.75, 3.05) is 13.2 Å². The number of sulfonamides is 1. The predicted octanol–water partition coefficient (Wildman–Crippen LogP) is 4.50. The molecular weight excluding hydrogens is 436 g/mol. The standard InChI is InChI=1S/C26H32N2O4S/c1-18-7-8-19-15-20(25(29)27-24(19)14-18)16-28(17-22-6-5-13-32-22)33(30,31)23-11-9-21(10-12-23)26(2,3)4/h7-12,14-15,22H,5-6,13,16-17H2,1-4H3,(H,27,29)/t22-/m0/s1. The Balaban J connectivity index is 1.70. The van der Waals surface area contributed by atoms with Gasteiger partial charge in [0.1, 0.15) is 0 Å².